The van der Waals surface area contributed by atoms with Crippen molar-refractivity contribution in [3.05, 3.63) is 46.4 Å². The molecule has 1 aromatic carbocycles. The Balaban J connectivity index is 2.66. The minimum absolute atomic E-state index is 0.0400. The van der Waals surface area contributed by atoms with Crippen LogP contribution in [0.3, 0.4) is 0 Å². The normalized spacial score (nSPS) is 10.4. The van der Waals surface area contributed by atoms with E-state index in [-0.39, 0.29) is 5.56 Å². The average Bonchev–Trinajstić information content (AvgIpc) is 2.46. The van der Waals surface area contributed by atoms with Crippen LogP contribution in [0.2, 0.25) is 0 Å². The van der Waals surface area contributed by atoms with Gasteiger partial charge in [0.1, 0.15) is 0 Å². The Kier molecular flexibility index (Phi) is 2.00. The maximum absolute atomic E-state index is 11.5. The predicted octanol–water partition coefficient (Wildman–Crippen LogP) is 1.69. The summed E-state index contributed by atoms with van der Waals surface area (Å²) in [5, 5.41) is 2.69. The number of H-pyrrole nitrogens is 1. The number of aromatic amines is 1. The molecule has 1 aromatic heterocycles. The molecule has 0 aliphatic carbocycles. The van der Waals surface area contributed by atoms with E-state index in [4.69, 9.17) is 0 Å². The van der Waals surface area contributed by atoms with Gasteiger partial charge in [0.2, 0.25) is 0 Å². The number of nitrogens with one attached hydrogen (secondary N) is 1. The van der Waals surface area contributed by atoms with E-state index in [1.807, 2.05) is 44.4 Å². The molecule has 0 amide bonds. The maximum Gasteiger partial charge on any atom is 0.271 e. The zero-order chi connectivity index (χ0) is 10.1. The molecule has 0 bridgehead atoms. The van der Waals surface area contributed by atoms with E-state index in [0.717, 1.165) is 16.7 Å². The van der Waals surface area contributed by atoms with Crippen LogP contribution < -0.4 is 5.56 Å². The fraction of sp³-hybridized carbons (Fsp3) is 0.182. The first kappa shape index (κ1) is 8.81. The molecule has 1 N–H and O–H groups in total. The van der Waals surface area contributed by atoms with E-state index in [9.17, 15) is 4.79 Å². The van der Waals surface area contributed by atoms with Crippen molar-refractivity contribution in [2.24, 2.45) is 7.05 Å². The summed E-state index contributed by atoms with van der Waals surface area (Å²) >= 11 is 0. The summed E-state index contributed by atoms with van der Waals surface area (Å²) < 4.78 is 1.67. The van der Waals surface area contributed by atoms with Crippen molar-refractivity contribution in [3.8, 4) is 11.1 Å². The molecule has 0 atom stereocenters. The van der Waals surface area contributed by atoms with Crippen LogP contribution in [0.15, 0.2) is 35.3 Å². The van der Waals surface area contributed by atoms with Crippen LogP contribution >= 0.6 is 0 Å². The Bertz CT molecular complexity index is 508. The minimum Gasteiger partial charge on any atom is -0.295 e. The molecule has 72 valence electrons. The fourth-order valence-electron chi connectivity index (χ4n) is 1.57. The molecule has 0 radical (unpaired) electrons. The number of nitrogens with zero attached hydrogens (tertiary/aromatic N) is 1. The van der Waals surface area contributed by atoms with Gasteiger partial charge in [-0.05, 0) is 18.1 Å². The summed E-state index contributed by atoms with van der Waals surface area (Å²) in [6, 6.07) is 7.87. The highest BCUT2D eigenvalue weighted by molar-refractivity contribution is 5.65. The Labute approximate surface area is 82.0 Å². The highest BCUT2D eigenvalue weighted by Gasteiger charge is 2.06. The lowest BCUT2D eigenvalue weighted by Gasteiger charge is -1.99. The number of benzene rings is 1. The largest absolute Gasteiger partial charge is 0.295 e. The third-order valence-corrected chi connectivity index (χ3v) is 2.28. The van der Waals surface area contributed by atoms with E-state index in [2.05, 4.69) is 5.10 Å². The maximum atomic E-state index is 11.5. The molecule has 0 saturated carbocycles. The van der Waals surface area contributed by atoms with Gasteiger partial charge in [-0.2, -0.15) is 0 Å². The first-order valence-corrected chi connectivity index (χ1v) is 4.50. The lowest BCUT2D eigenvalue weighted by molar-refractivity contribution is 0.756. The molecular weight excluding hydrogens is 176 g/mol. The summed E-state index contributed by atoms with van der Waals surface area (Å²) in [6.07, 6.45) is 1.81. The molecule has 2 rings (SSSR count). The summed E-state index contributed by atoms with van der Waals surface area (Å²) in [5.41, 5.74) is 2.80. The first-order chi connectivity index (χ1) is 6.68. The van der Waals surface area contributed by atoms with E-state index in [0.29, 0.717) is 0 Å². The molecule has 14 heavy (non-hydrogen) atoms. The van der Waals surface area contributed by atoms with Gasteiger partial charge in [-0.3, -0.25) is 14.6 Å². The van der Waals surface area contributed by atoms with Gasteiger partial charge < -0.3 is 0 Å². The Morgan fingerprint density at radius 1 is 1.21 bits per heavy atom. The SMILES string of the molecule is Cc1ccccc1-c1cn(C)[nH]c1=O. The van der Waals surface area contributed by atoms with Gasteiger partial charge in [-0.15, -0.1) is 0 Å². The van der Waals surface area contributed by atoms with Crippen molar-refractivity contribution in [1.82, 2.24) is 9.78 Å². The van der Waals surface area contributed by atoms with Crippen molar-refractivity contribution in [3.63, 3.8) is 0 Å². The Morgan fingerprint density at radius 3 is 2.50 bits per heavy atom. The molecule has 1 heterocycles. The fourth-order valence-corrected chi connectivity index (χ4v) is 1.57. The molecule has 0 saturated heterocycles. The van der Waals surface area contributed by atoms with Gasteiger partial charge in [0.15, 0.2) is 0 Å². The van der Waals surface area contributed by atoms with Gasteiger partial charge in [-0.1, -0.05) is 24.3 Å². The van der Waals surface area contributed by atoms with E-state index < -0.39 is 0 Å². The zero-order valence-corrected chi connectivity index (χ0v) is 8.24. The second-order valence-corrected chi connectivity index (χ2v) is 3.41. The van der Waals surface area contributed by atoms with Gasteiger partial charge in [-0.25, -0.2) is 0 Å². The van der Waals surface area contributed by atoms with Crippen LogP contribution in [0.1, 0.15) is 5.56 Å². The summed E-state index contributed by atoms with van der Waals surface area (Å²) in [4.78, 5) is 11.5. The molecule has 3 heteroatoms. The van der Waals surface area contributed by atoms with Crippen molar-refractivity contribution in [2.45, 2.75) is 6.92 Å². The smallest absolute Gasteiger partial charge is 0.271 e. The van der Waals surface area contributed by atoms with Crippen LogP contribution in [0.5, 0.6) is 0 Å². The lowest BCUT2D eigenvalue weighted by atomic mass is 10.0. The number of aryl methyl sites for hydroxylation is 2. The topological polar surface area (TPSA) is 37.8 Å². The molecule has 0 fully saturated rings. The van der Waals surface area contributed by atoms with Crippen molar-refractivity contribution >= 4 is 0 Å². The monoisotopic (exact) mass is 188 g/mol. The van der Waals surface area contributed by atoms with Gasteiger partial charge in [0, 0.05) is 13.2 Å². The molecule has 0 unspecified atom stereocenters. The van der Waals surface area contributed by atoms with Crippen LogP contribution in [0, 0.1) is 6.92 Å². The average molecular weight is 188 g/mol. The van der Waals surface area contributed by atoms with Gasteiger partial charge in [0.25, 0.3) is 5.56 Å². The van der Waals surface area contributed by atoms with Crippen LogP contribution in [-0.4, -0.2) is 9.78 Å². The highest BCUT2D eigenvalue weighted by atomic mass is 16.1. The number of hydrogen-bond acceptors (Lipinski definition) is 1. The van der Waals surface area contributed by atoms with E-state index in [1.165, 1.54) is 0 Å². The number of hydrogen-bond donors (Lipinski definition) is 1. The minimum atomic E-state index is -0.0400. The van der Waals surface area contributed by atoms with E-state index in [1.54, 1.807) is 4.68 Å². The Hall–Kier alpha value is -1.77. The summed E-state index contributed by atoms with van der Waals surface area (Å²) in [5.74, 6) is 0. The third-order valence-electron chi connectivity index (χ3n) is 2.28. The van der Waals surface area contributed by atoms with Crippen molar-refractivity contribution in [1.29, 1.82) is 0 Å². The zero-order valence-electron chi connectivity index (χ0n) is 8.24. The Morgan fingerprint density at radius 2 is 1.93 bits per heavy atom. The van der Waals surface area contributed by atoms with Crippen molar-refractivity contribution < 1.29 is 0 Å². The molecule has 3 nitrogen and oxygen atoms in total. The lowest BCUT2D eigenvalue weighted by Crippen LogP contribution is -2.04. The van der Waals surface area contributed by atoms with Crippen LogP contribution in [-0.2, 0) is 7.05 Å². The molecule has 0 spiro atoms. The van der Waals surface area contributed by atoms with E-state index >= 15 is 0 Å². The molecular formula is C11H12N2O. The second kappa shape index (κ2) is 3.18. The second-order valence-electron chi connectivity index (χ2n) is 3.41. The van der Waals surface area contributed by atoms with Gasteiger partial charge >= 0.3 is 0 Å². The summed E-state index contributed by atoms with van der Waals surface area (Å²) in [7, 11) is 1.81. The summed E-state index contributed by atoms with van der Waals surface area (Å²) in [6.45, 7) is 2.00. The first-order valence-electron chi connectivity index (χ1n) is 4.50. The van der Waals surface area contributed by atoms with Crippen LogP contribution in [0.25, 0.3) is 11.1 Å². The molecule has 0 aliphatic heterocycles. The number of rotatable bonds is 1. The highest BCUT2D eigenvalue weighted by Crippen LogP contribution is 2.18. The standard InChI is InChI=1S/C11H12N2O/c1-8-5-3-4-6-9(8)10-7-13(2)12-11(10)14/h3-7H,1-2H3,(H,12,14). The van der Waals surface area contributed by atoms with Crippen LogP contribution in [0.4, 0.5) is 0 Å². The quantitative estimate of drug-likeness (QED) is 0.726. The van der Waals surface area contributed by atoms with Crippen molar-refractivity contribution in [2.75, 3.05) is 0 Å². The third kappa shape index (κ3) is 1.37. The number of aromatic nitrogens is 2. The van der Waals surface area contributed by atoms with Gasteiger partial charge in [0.05, 0.1) is 5.56 Å². The molecule has 2 aromatic rings. The molecule has 0 aliphatic rings. The predicted molar refractivity (Wildman–Crippen MR) is 56.2 cm³/mol.